The lowest BCUT2D eigenvalue weighted by molar-refractivity contribution is -0.132. The van der Waals surface area contributed by atoms with Gasteiger partial charge in [-0.05, 0) is 49.4 Å². The average molecular weight is 355 g/mol. The monoisotopic (exact) mass is 355 g/mol. The SMILES string of the molecule is O=C(Cc1cc2cc(-c3cncs3)ccc2nn1)C1(F)CCCCC1. The van der Waals surface area contributed by atoms with E-state index in [0.29, 0.717) is 18.5 Å². The van der Waals surface area contributed by atoms with Gasteiger partial charge in [-0.2, -0.15) is 10.2 Å². The summed E-state index contributed by atoms with van der Waals surface area (Å²) in [6, 6.07) is 7.74. The first-order valence-corrected chi connectivity index (χ1v) is 9.39. The standard InChI is InChI=1S/C19H18FN3OS/c20-19(6-2-1-3-7-19)18(24)10-15-9-14-8-13(17-11-21-12-25-17)4-5-16(14)23-22-15/h4-5,8-9,11-12H,1-3,6-7,10H2. The second-order valence-corrected chi connectivity index (χ2v) is 7.49. The number of hydrogen-bond acceptors (Lipinski definition) is 5. The molecule has 0 saturated heterocycles. The normalized spacial score (nSPS) is 16.8. The topological polar surface area (TPSA) is 55.7 Å². The summed E-state index contributed by atoms with van der Waals surface area (Å²) in [7, 11) is 0. The molecule has 2 aromatic heterocycles. The fourth-order valence-corrected chi connectivity index (χ4v) is 4.02. The van der Waals surface area contributed by atoms with Gasteiger partial charge in [-0.3, -0.25) is 9.78 Å². The molecular formula is C19H18FN3OS. The number of hydrogen-bond donors (Lipinski definition) is 0. The Hall–Kier alpha value is -2.21. The van der Waals surface area contributed by atoms with Crippen LogP contribution in [0.15, 0.2) is 36.0 Å². The van der Waals surface area contributed by atoms with E-state index in [9.17, 15) is 9.18 Å². The molecule has 6 heteroatoms. The number of Topliss-reactive ketones (excluding diaryl/α,β-unsaturated/α-hetero) is 1. The molecule has 1 aliphatic carbocycles. The maximum absolute atomic E-state index is 14.8. The van der Waals surface area contributed by atoms with Gasteiger partial charge in [0.25, 0.3) is 0 Å². The second kappa shape index (κ2) is 6.59. The van der Waals surface area contributed by atoms with Crippen molar-refractivity contribution in [3.63, 3.8) is 0 Å². The quantitative estimate of drug-likeness (QED) is 0.689. The maximum Gasteiger partial charge on any atom is 0.175 e. The van der Waals surface area contributed by atoms with Crippen molar-refractivity contribution in [1.82, 2.24) is 15.2 Å². The smallest absolute Gasteiger partial charge is 0.175 e. The first-order valence-electron chi connectivity index (χ1n) is 8.51. The van der Waals surface area contributed by atoms with Gasteiger partial charge in [0.05, 0.1) is 28.0 Å². The van der Waals surface area contributed by atoms with Gasteiger partial charge in [0, 0.05) is 11.6 Å². The Morgan fingerprint density at radius 2 is 2.00 bits per heavy atom. The first-order chi connectivity index (χ1) is 12.1. The van der Waals surface area contributed by atoms with Crippen molar-refractivity contribution >= 4 is 28.0 Å². The van der Waals surface area contributed by atoms with Gasteiger partial charge in [0.1, 0.15) is 0 Å². The highest BCUT2D eigenvalue weighted by atomic mass is 32.1. The number of benzene rings is 1. The third kappa shape index (κ3) is 3.31. The first kappa shape index (κ1) is 16.3. The number of aromatic nitrogens is 3. The molecule has 2 heterocycles. The van der Waals surface area contributed by atoms with Crippen molar-refractivity contribution in [2.75, 3.05) is 0 Å². The Bertz CT molecular complexity index is 904. The van der Waals surface area contributed by atoms with Crippen LogP contribution < -0.4 is 0 Å². The molecule has 128 valence electrons. The molecule has 0 N–H and O–H groups in total. The van der Waals surface area contributed by atoms with Crippen LogP contribution in [0.4, 0.5) is 4.39 Å². The van der Waals surface area contributed by atoms with E-state index in [2.05, 4.69) is 15.2 Å². The molecule has 0 unspecified atom stereocenters. The summed E-state index contributed by atoms with van der Waals surface area (Å²) in [5, 5.41) is 9.21. The fourth-order valence-electron chi connectivity index (χ4n) is 3.40. The Morgan fingerprint density at radius 3 is 2.76 bits per heavy atom. The van der Waals surface area contributed by atoms with E-state index in [1.165, 1.54) is 0 Å². The van der Waals surface area contributed by atoms with Crippen molar-refractivity contribution < 1.29 is 9.18 Å². The lowest BCUT2D eigenvalue weighted by Crippen LogP contribution is -2.37. The number of alkyl halides is 1. The van der Waals surface area contributed by atoms with Crippen molar-refractivity contribution in [2.24, 2.45) is 0 Å². The van der Waals surface area contributed by atoms with Crippen LogP contribution in [0, 0.1) is 0 Å². The van der Waals surface area contributed by atoms with E-state index in [-0.39, 0.29) is 12.2 Å². The summed E-state index contributed by atoms with van der Waals surface area (Å²) in [4.78, 5) is 17.6. The summed E-state index contributed by atoms with van der Waals surface area (Å²) < 4.78 is 14.8. The Labute approximate surface area is 149 Å². The number of halogens is 1. The molecule has 0 bridgehead atoms. The molecule has 4 nitrogen and oxygen atoms in total. The molecule has 1 fully saturated rings. The lowest BCUT2D eigenvalue weighted by atomic mass is 9.82. The van der Waals surface area contributed by atoms with Gasteiger partial charge < -0.3 is 0 Å². The van der Waals surface area contributed by atoms with E-state index >= 15 is 0 Å². The highest BCUT2D eigenvalue weighted by molar-refractivity contribution is 7.13. The number of carbonyl (C=O) groups excluding carboxylic acids is 1. The predicted molar refractivity (Wildman–Crippen MR) is 96.3 cm³/mol. The summed E-state index contributed by atoms with van der Waals surface area (Å²) in [6.45, 7) is 0. The van der Waals surface area contributed by atoms with Crippen LogP contribution in [0.25, 0.3) is 21.3 Å². The van der Waals surface area contributed by atoms with Crippen LogP contribution in [-0.2, 0) is 11.2 Å². The van der Waals surface area contributed by atoms with Crippen LogP contribution in [0.1, 0.15) is 37.8 Å². The number of nitrogens with zero attached hydrogens (tertiary/aromatic N) is 3. The molecule has 0 amide bonds. The molecule has 1 saturated carbocycles. The fraction of sp³-hybridized carbons (Fsp3) is 0.368. The van der Waals surface area contributed by atoms with Gasteiger partial charge in [0.15, 0.2) is 11.5 Å². The van der Waals surface area contributed by atoms with Crippen LogP contribution in [0.5, 0.6) is 0 Å². The molecule has 0 radical (unpaired) electrons. The van der Waals surface area contributed by atoms with Gasteiger partial charge in [-0.15, -0.1) is 11.3 Å². The molecule has 1 aliphatic rings. The number of fused-ring (bicyclic) bond motifs is 1. The average Bonchev–Trinajstić information content (AvgIpc) is 3.16. The number of ketones is 1. The van der Waals surface area contributed by atoms with Gasteiger partial charge in [0.2, 0.25) is 0 Å². The molecule has 1 aromatic carbocycles. The summed E-state index contributed by atoms with van der Waals surface area (Å²) in [5.41, 5.74) is 2.45. The molecule has 0 aliphatic heterocycles. The van der Waals surface area contributed by atoms with E-state index in [1.807, 2.05) is 30.5 Å². The minimum atomic E-state index is -1.68. The maximum atomic E-state index is 14.8. The molecule has 0 atom stereocenters. The zero-order valence-corrected chi connectivity index (χ0v) is 14.6. The van der Waals surface area contributed by atoms with E-state index in [4.69, 9.17) is 0 Å². The number of rotatable bonds is 4. The zero-order chi connectivity index (χ0) is 17.3. The summed E-state index contributed by atoms with van der Waals surface area (Å²) in [6.07, 6.45) is 5.07. The molecule has 3 aromatic rings. The third-order valence-electron chi connectivity index (χ3n) is 4.84. The number of carbonyl (C=O) groups is 1. The highest BCUT2D eigenvalue weighted by Gasteiger charge is 2.39. The predicted octanol–water partition coefficient (Wildman–Crippen LogP) is 4.54. The second-order valence-electron chi connectivity index (χ2n) is 6.60. The van der Waals surface area contributed by atoms with Gasteiger partial charge in [-0.25, -0.2) is 4.39 Å². The summed E-state index contributed by atoms with van der Waals surface area (Å²) in [5.74, 6) is -0.362. The van der Waals surface area contributed by atoms with Gasteiger partial charge in [-0.1, -0.05) is 12.5 Å². The van der Waals surface area contributed by atoms with Crippen molar-refractivity contribution in [1.29, 1.82) is 0 Å². The zero-order valence-electron chi connectivity index (χ0n) is 13.7. The Kier molecular flexibility index (Phi) is 4.29. The third-order valence-corrected chi connectivity index (χ3v) is 5.66. The van der Waals surface area contributed by atoms with Crippen LogP contribution in [0.2, 0.25) is 0 Å². The van der Waals surface area contributed by atoms with Crippen molar-refractivity contribution in [3.05, 3.63) is 41.7 Å². The largest absolute Gasteiger partial charge is 0.296 e. The van der Waals surface area contributed by atoms with E-state index < -0.39 is 5.67 Å². The molecule has 25 heavy (non-hydrogen) atoms. The highest BCUT2D eigenvalue weighted by Crippen LogP contribution is 2.33. The minimum Gasteiger partial charge on any atom is -0.296 e. The van der Waals surface area contributed by atoms with Gasteiger partial charge >= 0.3 is 0 Å². The van der Waals surface area contributed by atoms with Crippen LogP contribution in [-0.4, -0.2) is 26.6 Å². The molecule has 0 spiro atoms. The number of thiazole rings is 1. The van der Waals surface area contributed by atoms with Crippen molar-refractivity contribution in [2.45, 2.75) is 44.2 Å². The molecule has 4 rings (SSSR count). The van der Waals surface area contributed by atoms with Crippen molar-refractivity contribution in [3.8, 4) is 10.4 Å². The summed E-state index contributed by atoms with van der Waals surface area (Å²) >= 11 is 1.57. The minimum absolute atomic E-state index is 0.00419. The Morgan fingerprint density at radius 1 is 1.16 bits per heavy atom. The van der Waals surface area contributed by atoms with E-state index in [0.717, 1.165) is 40.6 Å². The molecular weight excluding hydrogens is 337 g/mol. The van der Waals surface area contributed by atoms with Crippen LogP contribution in [0.3, 0.4) is 0 Å². The van der Waals surface area contributed by atoms with E-state index in [1.54, 1.807) is 16.8 Å². The Balaban J connectivity index is 1.60. The lowest BCUT2D eigenvalue weighted by Gasteiger charge is -2.27. The van der Waals surface area contributed by atoms with Crippen LogP contribution >= 0.6 is 11.3 Å².